The summed E-state index contributed by atoms with van der Waals surface area (Å²) in [6, 6.07) is 8.32. The van der Waals surface area contributed by atoms with Gasteiger partial charge in [0.15, 0.2) is 11.5 Å². The van der Waals surface area contributed by atoms with Gasteiger partial charge in [-0.3, -0.25) is 0 Å². The van der Waals surface area contributed by atoms with E-state index in [1.54, 1.807) is 0 Å². The Kier molecular flexibility index (Phi) is 6.58. The summed E-state index contributed by atoms with van der Waals surface area (Å²) in [4.78, 5) is 0. The minimum absolute atomic E-state index is 0.124. The molecule has 0 aliphatic rings. The van der Waals surface area contributed by atoms with Gasteiger partial charge in [0, 0.05) is 12.6 Å². The first kappa shape index (κ1) is 14.8. The van der Waals surface area contributed by atoms with Crippen molar-refractivity contribution in [3.8, 4) is 11.5 Å². The molecule has 1 N–H and O–H groups in total. The molecule has 0 radical (unpaired) electrons. The van der Waals surface area contributed by atoms with Crippen molar-refractivity contribution in [2.75, 3.05) is 13.2 Å². The molecule has 0 bridgehead atoms. The van der Waals surface area contributed by atoms with Crippen LogP contribution in [0.1, 0.15) is 34.1 Å². The van der Waals surface area contributed by atoms with Crippen LogP contribution in [0.15, 0.2) is 24.3 Å². The fourth-order valence-corrected chi connectivity index (χ4v) is 1.54. The average molecular weight is 251 g/mol. The highest BCUT2D eigenvalue weighted by atomic mass is 16.5. The third kappa shape index (κ3) is 5.41. The maximum absolute atomic E-state index is 5.91. The maximum Gasteiger partial charge on any atom is 0.161 e. The standard InChI is InChI=1S/C15H25NO2/c1-5-10-17-14-8-6-7-9-15(14)18-13(4)11-16-12(2)3/h6-9,12-13,16H,5,10-11H2,1-4H3. The van der Waals surface area contributed by atoms with Gasteiger partial charge in [-0.1, -0.05) is 32.9 Å². The quantitative estimate of drug-likeness (QED) is 0.769. The summed E-state index contributed by atoms with van der Waals surface area (Å²) in [6.45, 7) is 9.97. The van der Waals surface area contributed by atoms with Crippen LogP contribution in [-0.4, -0.2) is 25.3 Å². The SMILES string of the molecule is CCCOc1ccccc1OC(C)CNC(C)C. The van der Waals surface area contributed by atoms with E-state index in [1.165, 1.54) is 0 Å². The molecule has 0 fully saturated rings. The summed E-state index contributed by atoms with van der Waals surface area (Å²) >= 11 is 0. The molecule has 0 aromatic heterocycles. The summed E-state index contributed by atoms with van der Waals surface area (Å²) in [5, 5.41) is 3.36. The second kappa shape index (κ2) is 7.98. The van der Waals surface area contributed by atoms with Gasteiger partial charge in [0.1, 0.15) is 6.10 Å². The molecule has 0 saturated heterocycles. The molecule has 1 rings (SSSR count). The highest BCUT2D eigenvalue weighted by molar-refractivity contribution is 5.39. The summed E-state index contributed by atoms with van der Waals surface area (Å²) < 4.78 is 11.6. The van der Waals surface area contributed by atoms with Gasteiger partial charge < -0.3 is 14.8 Å². The largest absolute Gasteiger partial charge is 0.490 e. The maximum atomic E-state index is 5.91. The van der Waals surface area contributed by atoms with Gasteiger partial charge in [0.05, 0.1) is 6.61 Å². The highest BCUT2D eigenvalue weighted by Gasteiger charge is 2.09. The van der Waals surface area contributed by atoms with Gasteiger partial charge in [0.25, 0.3) is 0 Å². The molecule has 1 aromatic carbocycles. The second-order valence-corrected chi connectivity index (χ2v) is 4.79. The number of nitrogens with one attached hydrogen (secondary N) is 1. The van der Waals surface area contributed by atoms with Crippen molar-refractivity contribution in [1.82, 2.24) is 5.32 Å². The van der Waals surface area contributed by atoms with Crippen LogP contribution in [-0.2, 0) is 0 Å². The monoisotopic (exact) mass is 251 g/mol. The van der Waals surface area contributed by atoms with Crippen LogP contribution in [0.5, 0.6) is 11.5 Å². The molecule has 0 saturated carbocycles. The van der Waals surface area contributed by atoms with Crippen LogP contribution < -0.4 is 14.8 Å². The number of ether oxygens (including phenoxy) is 2. The molecular formula is C15H25NO2. The molecule has 0 spiro atoms. The van der Waals surface area contributed by atoms with Gasteiger partial charge in [-0.15, -0.1) is 0 Å². The van der Waals surface area contributed by atoms with Gasteiger partial charge in [-0.05, 0) is 25.5 Å². The van der Waals surface area contributed by atoms with Crippen molar-refractivity contribution in [3.63, 3.8) is 0 Å². The fraction of sp³-hybridized carbons (Fsp3) is 0.600. The van der Waals surface area contributed by atoms with E-state index in [1.807, 2.05) is 24.3 Å². The van der Waals surface area contributed by atoms with Crippen LogP contribution in [0, 0.1) is 0 Å². The number of para-hydroxylation sites is 2. The average Bonchev–Trinajstić information content (AvgIpc) is 2.35. The zero-order chi connectivity index (χ0) is 13.4. The van der Waals surface area contributed by atoms with Crippen molar-refractivity contribution >= 4 is 0 Å². The summed E-state index contributed by atoms with van der Waals surface area (Å²) in [6.07, 6.45) is 1.12. The van der Waals surface area contributed by atoms with E-state index >= 15 is 0 Å². The van der Waals surface area contributed by atoms with E-state index < -0.39 is 0 Å². The third-order valence-corrected chi connectivity index (χ3v) is 2.45. The molecule has 102 valence electrons. The molecule has 0 aliphatic heterocycles. The lowest BCUT2D eigenvalue weighted by Gasteiger charge is -2.19. The lowest BCUT2D eigenvalue weighted by molar-refractivity contribution is 0.199. The first-order valence-electron chi connectivity index (χ1n) is 6.75. The molecule has 18 heavy (non-hydrogen) atoms. The molecule has 0 amide bonds. The smallest absolute Gasteiger partial charge is 0.161 e. The van der Waals surface area contributed by atoms with Gasteiger partial charge in [0.2, 0.25) is 0 Å². The first-order chi connectivity index (χ1) is 8.63. The molecule has 3 nitrogen and oxygen atoms in total. The molecule has 1 aromatic rings. The van der Waals surface area contributed by atoms with Crippen LogP contribution in [0.3, 0.4) is 0 Å². The van der Waals surface area contributed by atoms with Crippen LogP contribution >= 0.6 is 0 Å². The zero-order valence-electron chi connectivity index (χ0n) is 11.9. The lowest BCUT2D eigenvalue weighted by Crippen LogP contribution is -2.33. The molecular weight excluding hydrogens is 226 g/mol. The van der Waals surface area contributed by atoms with Gasteiger partial charge >= 0.3 is 0 Å². The number of hydrogen-bond acceptors (Lipinski definition) is 3. The fourth-order valence-electron chi connectivity index (χ4n) is 1.54. The molecule has 1 atom stereocenters. The zero-order valence-corrected chi connectivity index (χ0v) is 11.9. The minimum atomic E-state index is 0.124. The summed E-state index contributed by atoms with van der Waals surface area (Å²) in [7, 11) is 0. The molecule has 1 unspecified atom stereocenters. The van der Waals surface area contributed by atoms with E-state index in [0.717, 1.165) is 31.1 Å². The second-order valence-electron chi connectivity index (χ2n) is 4.79. The number of rotatable bonds is 8. The lowest BCUT2D eigenvalue weighted by atomic mass is 10.3. The number of benzene rings is 1. The Morgan fingerprint density at radius 1 is 1.11 bits per heavy atom. The number of hydrogen-bond donors (Lipinski definition) is 1. The predicted molar refractivity (Wildman–Crippen MR) is 75.5 cm³/mol. The Bertz CT molecular complexity index is 339. The van der Waals surface area contributed by atoms with Crippen molar-refractivity contribution in [3.05, 3.63) is 24.3 Å². The summed E-state index contributed by atoms with van der Waals surface area (Å²) in [5.41, 5.74) is 0. The van der Waals surface area contributed by atoms with E-state index in [-0.39, 0.29) is 6.10 Å². The Balaban J connectivity index is 2.54. The van der Waals surface area contributed by atoms with Crippen molar-refractivity contribution in [2.45, 2.75) is 46.3 Å². The third-order valence-electron chi connectivity index (χ3n) is 2.45. The van der Waals surface area contributed by atoms with Crippen molar-refractivity contribution < 1.29 is 9.47 Å². The highest BCUT2D eigenvalue weighted by Crippen LogP contribution is 2.27. The summed E-state index contributed by atoms with van der Waals surface area (Å²) in [5.74, 6) is 1.65. The van der Waals surface area contributed by atoms with E-state index in [9.17, 15) is 0 Å². The van der Waals surface area contributed by atoms with Gasteiger partial charge in [-0.2, -0.15) is 0 Å². The van der Waals surface area contributed by atoms with Crippen molar-refractivity contribution in [1.29, 1.82) is 0 Å². The first-order valence-corrected chi connectivity index (χ1v) is 6.75. The van der Waals surface area contributed by atoms with E-state index in [0.29, 0.717) is 6.04 Å². The topological polar surface area (TPSA) is 30.5 Å². The van der Waals surface area contributed by atoms with Crippen LogP contribution in [0.25, 0.3) is 0 Å². The van der Waals surface area contributed by atoms with E-state index in [2.05, 4.69) is 33.0 Å². The van der Waals surface area contributed by atoms with Crippen LogP contribution in [0.2, 0.25) is 0 Å². The predicted octanol–water partition coefficient (Wildman–Crippen LogP) is 3.24. The Hall–Kier alpha value is -1.22. The molecule has 3 heteroatoms. The van der Waals surface area contributed by atoms with Crippen molar-refractivity contribution in [2.24, 2.45) is 0 Å². The van der Waals surface area contributed by atoms with E-state index in [4.69, 9.17) is 9.47 Å². The molecule has 0 heterocycles. The van der Waals surface area contributed by atoms with Gasteiger partial charge in [-0.25, -0.2) is 0 Å². The Morgan fingerprint density at radius 2 is 1.78 bits per heavy atom. The Morgan fingerprint density at radius 3 is 2.39 bits per heavy atom. The normalized spacial score (nSPS) is 12.5. The van der Waals surface area contributed by atoms with Crippen LogP contribution in [0.4, 0.5) is 0 Å². The Labute approximate surface area is 110 Å². The molecule has 0 aliphatic carbocycles. The minimum Gasteiger partial charge on any atom is -0.490 e.